The van der Waals surface area contributed by atoms with Crippen molar-refractivity contribution in [2.75, 3.05) is 0 Å². The summed E-state index contributed by atoms with van der Waals surface area (Å²) in [6.45, 7) is 11.2. The molecule has 1 amide bonds. The maximum Gasteiger partial charge on any atom is 0.309 e. The summed E-state index contributed by atoms with van der Waals surface area (Å²) in [5, 5.41) is 27.4. The van der Waals surface area contributed by atoms with Gasteiger partial charge in [0, 0.05) is 24.1 Å². The van der Waals surface area contributed by atoms with Crippen molar-refractivity contribution in [1.29, 1.82) is 0 Å². The van der Waals surface area contributed by atoms with Gasteiger partial charge < -0.3 is 25.0 Å². The van der Waals surface area contributed by atoms with E-state index in [0.717, 1.165) is 48.4 Å². The molecule has 0 bridgehead atoms. The van der Waals surface area contributed by atoms with Crippen LogP contribution >= 0.6 is 11.3 Å². The molecule has 0 aliphatic carbocycles. The fraction of sp³-hybridized carbons (Fsp3) is 0.742. The van der Waals surface area contributed by atoms with Crippen LogP contribution < -0.4 is 5.32 Å². The van der Waals surface area contributed by atoms with E-state index in [9.17, 15) is 24.6 Å². The van der Waals surface area contributed by atoms with E-state index in [1.54, 1.807) is 20.8 Å². The molecule has 3 N–H and O–H groups in total. The van der Waals surface area contributed by atoms with E-state index in [0.29, 0.717) is 19.4 Å². The number of unbranched alkanes of at least 4 members (excludes halogenated alkanes) is 1. The molecule has 1 unspecified atom stereocenters. The molecule has 3 rings (SSSR count). The second-order valence-corrected chi connectivity index (χ2v) is 13.3. The molecule has 1 aromatic rings. The summed E-state index contributed by atoms with van der Waals surface area (Å²) < 4.78 is 11.8. The van der Waals surface area contributed by atoms with E-state index < -0.39 is 35.6 Å². The Morgan fingerprint density at radius 2 is 1.95 bits per heavy atom. The zero-order valence-corrected chi connectivity index (χ0v) is 26.2. The summed E-state index contributed by atoms with van der Waals surface area (Å²) >= 11 is 1.45. The van der Waals surface area contributed by atoms with Gasteiger partial charge >= 0.3 is 5.97 Å². The molecule has 1 aromatic heterocycles. The standard InChI is InChI=1S/C31H48N2O7S/c1-7-8-12-26(35)32-16-27-33-21(17-41-27)13-19(3)23-14-24-22(39-24)11-9-10-18(2)29(37)20(4)30(38)31(5,6)25(34)15-28(36)40-23/h13,17-18,20,22-25,29,34,37H,7-12,14-16H2,1-6H3,(H,32,35)/b19-13+/t18-,20+,22?,23-,24-,25-,29-/m0/s1. The molecule has 10 heteroatoms. The number of rotatable bonds is 7. The predicted molar refractivity (Wildman–Crippen MR) is 158 cm³/mol. The number of fused-ring (bicyclic) bond motifs is 1. The van der Waals surface area contributed by atoms with Crippen LogP contribution in [0.5, 0.6) is 0 Å². The van der Waals surface area contributed by atoms with Crippen LogP contribution in [0.15, 0.2) is 11.0 Å². The van der Waals surface area contributed by atoms with Crippen molar-refractivity contribution in [3.8, 4) is 0 Å². The number of Topliss-reactive ketones (excluding diaryl/α,β-unsaturated/α-hetero) is 1. The molecule has 0 radical (unpaired) electrons. The van der Waals surface area contributed by atoms with Crippen LogP contribution in [0.1, 0.15) is 104 Å². The van der Waals surface area contributed by atoms with E-state index in [4.69, 9.17) is 9.47 Å². The Morgan fingerprint density at radius 3 is 2.66 bits per heavy atom. The van der Waals surface area contributed by atoms with Gasteiger partial charge in [0.2, 0.25) is 5.91 Å². The van der Waals surface area contributed by atoms with E-state index >= 15 is 0 Å². The zero-order chi connectivity index (χ0) is 30.3. The molecule has 230 valence electrons. The predicted octanol–water partition coefficient (Wildman–Crippen LogP) is 4.59. The summed E-state index contributed by atoms with van der Waals surface area (Å²) in [7, 11) is 0. The first-order valence-electron chi connectivity index (χ1n) is 15.0. The SMILES string of the molecule is CCCCC(=O)NCc1nc(/C=C(\C)[C@@H]2C[C@@H]3OC3CCC[C@H](C)[C@H](O)[C@@H](C)C(=O)C(C)(C)[C@@H](O)CC(=O)O2)cs1. The highest BCUT2D eigenvalue weighted by molar-refractivity contribution is 7.09. The van der Waals surface area contributed by atoms with Crippen LogP contribution in [0.25, 0.3) is 6.08 Å². The number of hydrogen-bond acceptors (Lipinski definition) is 9. The molecular weight excluding hydrogens is 544 g/mol. The molecule has 0 aromatic carbocycles. The highest BCUT2D eigenvalue weighted by atomic mass is 32.1. The molecule has 3 heterocycles. The fourth-order valence-corrected chi connectivity index (χ4v) is 6.10. The largest absolute Gasteiger partial charge is 0.458 e. The van der Waals surface area contributed by atoms with Gasteiger partial charge in [-0.25, -0.2) is 4.98 Å². The number of ether oxygens (including phenoxy) is 2. The van der Waals surface area contributed by atoms with Crippen molar-refractivity contribution >= 4 is 35.1 Å². The third kappa shape index (κ3) is 9.43. The highest BCUT2D eigenvalue weighted by Gasteiger charge is 2.44. The molecule has 2 saturated heterocycles. The first-order valence-corrected chi connectivity index (χ1v) is 15.9. The van der Waals surface area contributed by atoms with Gasteiger partial charge in [0.1, 0.15) is 16.9 Å². The Bertz CT molecular complexity index is 1080. The van der Waals surface area contributed by atoms with Crippen LogP contribution in [-0.2, 0) is 30.4 Å². The summed E-state index contributed by atoms with van der Waals surface area (Å²) in [5.41, 5.74) is 0.285. The molecule has 0 spiro atoms. The van der Waals surface area contributed by atoms with Crippen molar-refractivity contribution in [3.63, 3.8) is 0 Å². The number of thiazole rings is 1. The van der Waals surface area contributed by atoms with Gasteiger partial charge in [-0.2, -0.15) is 0 Å². The molecule has 7 atom stereocenters. The minimum atomic E-state index is -1.26. The number of epoxide rings is 1. The smallest absolute Gasteiger partial charge is 0.309 e. The lowest BCUT2D eigenvalue weighted by Gasteiger charge is -2.34. The molecule has 9 nitrogen and oxygen atoms in total. The lowest BCUT2D eigenvalue weighted by Crippen LogP contribution is -2.45. The lowest BCUT2D eigenvalue weighted by molar-refractivity contribution is -0.154. The van der Waals surface area contributed by atoms with Gasteiger partial charge in [-0.15, -0.1) is 11.3 Å². The summed E-state index contributed by atoms with van der Waals surface area (Å²) in [4.78, 5) is 42.8. The number of nitrogens with one attached hydrogen (secondary N) is 1. The zero-order valence-electron chi connectivity index (χ0n) is 25.4. The fourth-order valence-electron chi connectivity index (χ4n) is 5.41. The minimum absolute atomic E-state index is 0.0134. The third-order valence-corrected chi connectivity index (χ3v) is 9.41. The Hall–Kier alpha value is -2.14. The molecule has 2 fully saturated rings. The molecular formula is C31H48N2O7S. The number of amides is 1. The molecule has 41 heavy (non-hydrogen) atoms. The summed E-state index contributed by atoms with van der Waals surface area (Å²) in [6, 6.07) is 0. The molecule has 0 saturated carbocycles. The van der Waals surface area contributed by atoms with Crippen molar-refractivity contribution in [1.82, 2.24) is 10.3 Å². The first kappa shape index (κ1) is 33.4. The maximum atomic E-state index is 13.3. The second kappa shape index (κ2) is 14.8. The number of carbonyl (C=O) groups excluding carboxylic acids is 3. The second-order valence-electron chi connectivity index (χ2n) is 12.4. The monoisotopic (exact) mass is 592 g/mol. The Morgan fingerprint density at radius 1 is 1.22 bits per heavy atom. The van der Waals surface area contributed by atoms with Crippen LogP contribution in [0.3, 0.4) is 0 Å². The van der Waals surface area contributed by atoms with Crippen LogP contribution in [0.4, 0.5) is 0 Å². The van der Waals surface area contributed by atoms with E-state index in [-0.39, 0.29) is 36.2 Å². The quantitative estimate of drug-likeness (QED) is 0.309. The van der Waals surface area contributed by atoms with Gasteiger partial charge in [-0.1, -0.05) is 47.5 Å². The summed E-state index contributed by atoms with van der Waals surface area (Å²) in [6.07, 6.45) is 4.14. The number of ketones is 1. The van der Waals surface area contributed by atoms with Crippen molar-refractivity contribution in [2.45, 2.75) is 130 Å². The normalized spacial score (nSPS) is 31.7. The number of aliphatic hydroxyl groups excluding tert-OH is 2. The Balaban J connectivity index is 1.74. The Kier molecular flexibility index (Phi) is 12.1. The van der Waals surface area contributed by atoms with Crippen molar-refractivity contribution in [3.05, 3.63) is 21.7 Å². The highest BCUT2D eigenvalue weighted by Crippen LogP contribution is 2.36. The van der Waals surface area contributed by atoms with Crippen molar-refractivity contribution < 1.29 is 34.1 Å². The number of aromatic nitrogens is 1. The van der Waals surface area contributed by atoms with E-state index in [1.165, 1.54) is 11.3 Å². The topological polar surface area (TPSA) is 138 Å². The maximum absolute atomic E-state index is 13.3. The number of nitrogens with zero attached hydrogens (tertiary/aromatic N) is 1. The average Bonchev–Trinajstić information content (AvgIpc) is 3.51. The van der Waals surface area contributed by atoms with Gasteiger partial charge in [-0.05, 0) is 43.8 Å². The first-order chi connectivity index (χ1) is 19.3. The van der Waals surface area contributed by atoms with Gasteiger partial charge in [0.15, 0.2) is 0 Å². The molecule has 2 aliphatic rings. The molecule has 2 aliphatic heterocycles. The Labute approximate surface area is 248 Å². The number of esters is 1. The van der Waals surface area contributed by atoms with Crippen LogP contribution in [0.2, 0.25) is 0 Å². The minimum Gasteiger partial charge on any atom is -0.458 e. The van der Waals surface area contributed by atoms with E-state index in [1.807, 2.05) is 32.2 Å². The van der Waals surface area contributed by atoms with Gasteiger partial charge in [0.25, 0.3) is 0 Å². The van der Waals surface area contributed by atoms with Gasteiger partial charge in [0.05, 0.1) is 48.5 Å². The van der Waals surface area contributed by atoms with E-state index in [2.05, 4.69) is 10.3 Å². The van der Waals surface area contributed by atoms with Crippen molar-refractivity contribution in [2.24, 2.45) is 17.3 Å². The van der Waals surface area contributed by atoms with Gasteiger partial charge in [-0.3, -0.25) is 14.4 Å². The number of cyclic esters (lactones) is 1. The number of aliphatic hydroxyl groups is 2. The lowest BCUT2D eigenvalue weighted by atomic mass is 9.73. The number of carbonyl (C=O) groups is 3. The summed E-state index contributed by atoms with van der Waals surface area (Å²) in [5.74, 6) is -1.62. The number of hydrogen-bond donors (Lipinski definition) is 3. The average molecular weight is 593 g/mol. The van der Waals surface area contributed by atoms with Crippen LogP contribution in [0, 0.1) is 17.3 Å². The third-order valence-electron chi connectivity index (χ3n) is 8.54. The van der Waals surface area contributed by atoms with Crippen LogP contribution in [-0.4, -0.2) is 63.4 Å².